The average Bonchev–Trinajstić information content (AvgIpc) is 2.52. The number of hydrogen-bond donors (Lipinski definition) is 0. The van der Waals surface area contributed by atoms with Crippen molar-refractivity contribution in [1.82, 2.24) is 0 Å². The lowest BCUT2D eigenvalue weighted by Crippen LogP contribution is -2.05. The maximum absolute atomic E-state index is 2.36. The first-order valence-corrected chi connectivity index (χ1v) is 9.36. The highest BCUT2D eigenvalue weighted by Crippen LogP contribution is 2.30. The summed E-state index contributed by atoms with van der Waals surface area (Å²) in [6.07, 6.45) is 22.4. The van der Waals surface area contributed by atoms with Gasteiger partial charge in [0.2, 0.25) is 0 Å². The van der Waals surface area contributed by atoms with E-state index in [9.17, 15) is 0 Å². The molecule has 0 amide bonds. The van der Waals surface area contributed by atoms with Crippen LogP contribution in [0.1, 0.15) is 110 Å². The van der Waals surface area contributed by atoms with Crippen molar-refractivity contribution in [2.45, 2.75) is 110 Å². The van der Waals surface area contributed by atoms with Gasteiger partial charge in [0, 0.05) is 0 Å². The average molecular weight is 267 g/mol. The Hall–Kier alpha value is 0. The number of unbranched alkanes of at least 4 members (excludes halogenated alkanes) is 4. The molecule has 0 radical (unpaired) electrons. The molecule has 1 rings (SSSR count). The highest BCUT2D eigenvalue weighted by Gasteiger charge is 2.15. The second-order valence-corrected chi connectivity index (χ2v) is 6.94. The van der Waals surface area contributed by atoms with Gasteiger partial charge < -0.3 is 0 Å². The van der Waals surface area contributed by atoms with E-state index in [0.717, 1.165) is 11.8 Å². The Balaban J connectivity index is 2.19. The van der Waals surface area contributed by atoms with Crippen LogP contribution in [0.2, 0.25) is 0 Å². The summed E-state index contributed by atoms with van der Waals surface area (Å²) in [5.41, 5.74) is 0. The number of hydrogen-bond acceptors (Lipinski definition) is 0. The van der Waals surface area contributed by atoms with Crippen LogP contribution in [0.3, 0.4) is 0 Å². The van der Waals surface area contributed by atoms with E-state index in [-0.39, 0.29) is 0 Å². The highest BCUT2D eigenvalue weighted by atomic mass is 14.2. The van der Waals surface area contributed by atoms with Crippen LogP contribution in [0.15, 0.2) is 0 Å². The van der Waals surface area contributed by atoms with Crippen molar-refractivity contribution >= 4 is 0 Å². The van der Waals surface area contributed by atoms with Crippen LogP contribution in [0.4, 0.5) is 0 Å². The monoisotopic (exact) mass is 266 g/mol. The van der Waals surface area contributed by atoms with E-state index in [2.05, 4.69) is 13.8 Å². The Morgan fingerprint density at radius 2 is 1.21 bits per heavy atom. The summed E-state index contributed by atoms with van der Waals surface area (Å²) in [5, 5.41) is 0. The Bertz CT molecular complexity index is 184. The predicted octanol–water partition coefficient (Wildman–Crippen LogP) is 7.12. The third-order valence-electron chi connectivity index (χ3n) is 5.12. The summed E-state index contributed by atoms with van der Waals surface area (Å²) < 4.78 is 0. The molecule has 19 heavy (non-hydrogen) atoms. The van der Waals surface area contributed by atoms with Crippen LogP contribution in [0.5, 0.6) is 0 Å². The fraction of sp³-hybridized carbons (Fsp3) is 1.00. The lowest BCUT2D eigenvalue weighted by atomic mass is 9.87. The molecular formula is C19H38. The van der Waals surface area contributed by atoms with Gasteiger partial charge in [0.15, 0.2) is 0 Å². The summed E-state index contributed by atoms with van der Waals surface area (Å²) in [6, 6.07) is 0. The third-order valence-corrected chi connectivity index (χ3v) is 5.12. The molecule has 0 aromatic heterocycles. The molecule has 0 heteroatoms. The zero-order valence-electron chi connectivity index (χ0n) is 13.8. The Labute approximate surface area is 122 Å². The van der Waals surface area contributed by atoms with Gasteiger partial charge in [0.05, 0.1) is 0 Å². The van der Waals surface area contributed by atoms with Crippen molar-refractivity contribution in [3.05, 3.63) is 0 Å². The zero-order chi connectivity index (χ0) is 13.8. The lowest BCUT2D eigenvalue weighted by Gasteiger charge is -2.19. The second-order valence-electron chi connectivity index (χ2n) is 6.94. The first-order valence-electron chi connectivity index (χ1n) is 9.36. The van der Waals surface area contributed by atoms with Gasteiger partial charge in [-0.25, -0.2) is 0 Å². The molecular weight excluding hydrogens is 228 g/mol. The van der Waals surface area contributed by atoms with Gasteiger partial charge in [0.1, 0.15) is 0 Å². The second kappa shape index (κ2) is 11.8. The molecule has 0 N–H and O–H groups in total. The third kappa shape index (κ3) is 8.71. The molecule has 0 aliphatic heterocycles. The fourth-order valence-corrected chi connectivity index (χ4v) is 3.83. The molecule has 0 saturated heterocycles. The van der Waals surface area contributed by atoms with Gasteiger partial charge >= 0.3 is 0 Å². The first-order chi connectivity index (χ1) is 9.36. The predicted molar refractivity (Wildman–Crippen MR) is 87.6 cm³/mol. The maximum Gasteiger partial charge on any atom is -0.0414 e. The van der Waals surface area contributed by atoms with E-state index in [1.807, 2.05) is 0 Å². The van der Waals surface area contributed by atoms with Gasteiger partial charge in [-0.15, -0.1) is 0 Å². The van der Waals surface area contributed by atoms with Crippen LogP contribution in [-0.2, 0) is 0 Å². The normalized spacial score (nSPS) is 25.6. The van der Waals surface area contributed by atoms with Gasteiger partial charge in [-0.3, -0.25) is 0 Å². The van der Waals surface area contributed by atoms with E-state index in [1.54, 1.807) is 6.42 Å². The van der Waals surface area contributed by atoms with Crippen LogP contribution in [0.25, 0.3) is 0 Å². The first kappa shape index (κ1) is 17.1. The molecule has 2 atom stereocenters. The Morgan fingerprint density at radius 3 is 1.84 bits per heavy atom. The molecule has 0 aromatic carbocycles. The van der Waals surface area contributed by atoms with E-state index < -0.39 is 0 Å². The summed E-state index contributed by atoms with van der Waals surface area (Å²) in [6.45, 7) is 4.67. The maximum atomic E-state index is 2.36. The summed E-state index contributed by atoms with van der Waals surface area (Å²) in [4.78, 5) is 0. The molecule has 114 valence electrons. The highest BCUT2D eigenvalue weighted by molar-refractivity contribution is 4.68. The Kier molecular flexibility index (Phi) is 10.6. The van der Waals surface area contributed by atoms with E-state index in [1.165, 1.54) is 89.9 Å². The minimum Gasteiger partial charge on any atom is -0.0654 e. The van der Waals surface area contributed by atoms with Crippen molar-refractivity contribution in [2.24, 2.45) is 11.8 Å². The molecule has 0 aromatic rings. The zero-order valence-corrected chi connectivity index (χ0v) is 13.8. The topological polar surface area (TPSA) is 0 Å². The Morgan fingerprint density at radius 1 is 0.579 bits per heavy atom. The molecule has 1 aliphatic carbocycles. The largest absolute Gasteiger partial charge is 0.0654 e. The standard InChI is InChI=1S/C19H38/c1-3-5-6-7-9-14-19-15-11-8-10-13-18(12-4-2)16-17-19/h18-19H,3-17H2,1-2H3. The van der Waals surface area contributed by atoms with E-state index >= 15 is 0 Å². The van der Waals surface area contributed by atoms with Crippen LogP contribution >= 0.6 is 0 Å². The van der Waals surface area contributed by atoms with Gasteiger partial charge in [-0.1, -0.05) is 110 Å². The molecule has 1 saturated carbocycles. The van der Waals surface area contributed by atoms with Crippen LogP contribution in [-0.4, -0.2) is 0 Å². The minimum absolute atomic E-state index is 1.06. The van der Waals surface area contributed by atoms with Crippen molar-refractivity contribution < 1.29 is 0 Å². The molecule has 0 bridgehead atoms. The van der Waals surface area contributed by atoms with Crippen molar-refractivity contribution in [2.75, 3.05) is 0 Å². The summed E-state index contributed by atoms with van der Waals surface area (Å²) >= 11 is 0. The van der Waals surface area contributed by atoms with Crippen molar-refractivity contribution in [3.8, 4) is 0 Å². The summed E-state index contributed by atoms with van der Waals surface area (Å²) in [7, 11) is 0. The molecule has 0 nitrogen and oxygen atoms in total. The van der Waals surface area contributed by atoms with Gasteiger partial charge in [0.25, 0.3) is 0 Å². The lowest BCUT2D eigenvalue weighted by molar-refractivity contribution is 0.339. The van der Waals surface area contributed by atoms with Crippen LogP contribution in [0, 0.1) is 11.8 Å². The smallest absolute Gasteiger partial charge is 0.0414 e. The van der Waals surface area contributed by atoms with Gasteiger partial charge in [-0.05, 0) is 11.8 Å². The van der Waals surface area contributed by atoms with Crippen molar-refractivity contribution in [1.29, 1.82) is 0 Å². The quantitative estimate of drug-likeness (QED) is 0.410. The van der Waals surface area contributed by atoms with Crippen LogP contribution < -0.4 is 0 Å². The molecule has 2 unspecified atom stereocenters. The molecule has 1 aliphatic rings. The SMILES string of the molecule is CCCCCCCC1CCCCCC(CCC)CC1. The number of rotatable bonds is 8. The fourth-order valence-electron chi connectivity index (χ4n) is 3.83. The summed E-state index contributed by atoms with van der Waals surface area (Å²) in [5.74, 6) is 2.13. The van der Waals surface area contributed by atoms with Crippen molar-refractivity contribution in [3.63, 3.8) is 0 Å². The van der Waals surface area contributed by atoms with Gasteiger partial charge in [-0.2, -0.15) is 0 Å². The van der Waals surface area contributed by atoms with E-state index in [4.69, 9.17) is 0 Å². The van der Waals surface area contributed by atoms with E-state index in [0.29, 0.717) is 0 Å². The molecule has 0 spiro atoms. The minimum atomic E-state index is 1.06. The molecule has 1 fully saturated rings. The molecule has 0 heterocycles.